The van der Waals surface area contributed by atoms with Gasteiger partial charge in [-0.2, -0.15) is 5.10 Å². The highest BCUT2D eigenvalue weighted by atomic mass is 35.5. The highest BCUT2D eigenvalue weighted by Gasteiger charge is 2.13. The highest BCUT2D eigenvalue weighted by Crippen LogP contribution is 2.36. The number of phenolic OH excluding ortho intramolecular Hbond substituents is 1. The van der Waals surface area contributed by atoms with E-state index in [1.165, 1.54) is 25.5 Å². The Morgan fingerprint density at radius 2 is 2.04 bits per heavy atom. The van der Waals surface area contributed by atoms with Crippen LogP contribution in [0.1, 0.15) is 29.8 Å². The molecule has 0 atom stereocenters. The summed E-state index contributed by atoms with van der Waals surface area (Å²) < 4.78 is 10.9. The van der Waals surface area contributed by atoms with Crippen LogP contribution in [0.5, 0.6) is 17.2 Å². The third kappa shape index (κ3) is 4.87. The van der Waals surface area contributed by atoms with E-state index in [9.17, 15) is 9.90 Å². The van der Waals surface area contributed by atoms with Crippen molar-refractivity contribution in [3.05, 3.63) is 52.5 Å². The molecule has 0 fully saturated rings. The van der Waals surface area contributed by atoms with E-state index in [2.05, 4.69) is 10.5 Å². The highest BCUT2D eigenvalue weighted by molar-refractivity contribution is 6.32. The predicted octanol–water partition coefficient (Wildman–Crippen LogP) is 3.61. The first-order valence-electron chi connectivity index (χ1n) is 7.58. The van der Waals surface area contributed by atoms with Crippen molar-refractivity contribution < 1.29 is 19.4 Å². The predicted molar refractivity (Wildman–Crippen MR) is 96.9 cm³/mol. The van der Waals surface area contributed by atoms with E-state index in [4.69, 9.17) is 21.1 Å². The number of aromatic hydroxyl groups is 1. The molecule has 2 aromatic rings. The molecular formula is C18H19ClN2O4. The first-order valence-corrected chi connectivity index (χ1v) is 7.95. The minimum Gasteiger partial charge on any atom is -0.507 e. The molecule has 2 aromatic carbocycles. The van der Waals surface area contributed by atoms with Gasteiger partial charge in [-0.15, -0.1) is 0 Å². The molecule has 132 valence electrons. The summed E-state index contributed by atoms with van der Waals surface area (Å²) in [4.78, 5) is 12.0. The first-order chi connectivity index (χ1) is 11.9. The Morgan fingerprint density at radius 1 is 1.32 bits per heavy atom. The minimum atomic E-state index is -0.521. The fourth-order valence-corrected chi connectivity index (χ4v) is 2.32. The molecule has 0 spiro atoms. The van der Waals surface area contributed by atoms with E-state index >= 15 is 0 Å². The maximum Gasteiger partial charge on any atom is 0.275 e. The molecule has 0 bridgehead atoms. The average molecular weight is 363 g/mol. The lowest BCUT2D eigenvalue weighted by Gasteiger charge is -2.15. The maximum absolute atomic E-state index is 12.0. The van der Waals surface area contributed by atoms with E-state index in [1.807, 2.05) is 13.8 Å². The molecule has 0 aromatic heterocycles. The van der Waals surface area contributed by atoms with E-state index in [1.54, 1.807) is 24.3 Å². The lowest BCUT2D eigenvalue weighted by Crippen LogP contribution is -2.17. The fraction of sp³-hybridized carbons (Fsp3) is 0.222. The van der Waals surface area contributed by atoms with Crippen molar-refractivity contribution in [1.29, 1.82) is 0 Å². The van der Waals surface area contributed by atoms with Gasteiger partial charge in [-0.1, -0.05) is 23.7 Å². The van der Waals surface area contributed by atoms with Gasteiger partial charge >= 0.3 is 0 Å². The Hall–Kier alpha value is -2.73. The second-order valence-electron chi connectivity index (χ2n) is 5.42. The number of halogens is 1. The molecule has 6 nitrogen and oxygen atoms in total. The number of amides is 1. The van der Waals surface area contributed by atoms with Crippen LogP contribution in [-0.4, -0.2) is 30.4 Å². The number of rotatable bonds is 6. The van der Waals surface area contributed by atoms with Crippen molar-refractivity contribution >= 4 is 23.7 Å². The molecule has 0 heterocycles. The molecule has 0 aliphatic heterocycles. The Morgan fingerprint density at radius 3 is 2.68 bits per heavy atom. The maximum atomic E-state index is 12.0. The summed E-state index contributed by atoms with van der Waals surface area (Å²) >= 11 is 6.23. The molecule has 0 radical (unpaired) electrons. The van der Waals surface area contributed by atoms with Crippen LogP contribution in [0.4, 0.5) is 0 Å². The molecule has 0 aliphatic rings. The number of ether oxygens (including phenoxy) is 2. The standard InChI is InChI=1S/C18H19ClN2O4/c1-11(2)25-17-14(19)8-12(9-16(17)24-3)10-20-21-18(23)13-6-4-5-7-15(13)22/h4-11,22H,1-3H3,(H,21,23)/b20-10-. The molecule has 0 aliphatic carbocycles. The minimum absolute atomic E-state index is 0.0521. The topological polar surface area (TPSA) is 80.2 Å². The van der Waals surface area contributed by atoms with Crippen molar-refractivity contribution in [1.82, 2.24) is 5.43 Å². The number of benzene rings is 2. The van der Waals surface area contributed by atoms with Crippen molar-refractivity contribution in [3.8, 4) is 17.2 Å². The van der Waals surface area contributed by atoms with Crippen LogP contribution in [-0.2, 0) is 0 Å². The summed E-state index contributed by atoms with van der Waals surface area (Å²) in [6, 6.07) is 9.55. The van der Waals surface area contributed by atoms with E-state index in [0.29, 0.717) is 22.1 Å². The van der Waals surface area contributed by atoms with Crippen LogP contribution < -0.4 is 14.9 Å². The first kappa shape index (κ1) is 18.6. The zero-order valence-corrected chi connectivity index (χ0v) is 14.9. The summed E-state index contributed by atoms with van der Waals surface area (Å²) in [7, 11) is 1.51. The third-order valence-electron chi connectivity index (χ3n) is 3.13. The monoisotopic (exact) mass is 362 g/mol. The van der Waals surface area contributed by atoms with Crippen molar-refractivity contribution in [3.63, 3.8) is 0 Å². The van der Waals surface area contributed by atoms with Crippen LogP contribution in [0.3, 0.4) is 0 Å². The largest absolute Gasteiger partial charge is 0.507 e. The molecular weight excluding hydrogens is 344 g/mol. The SMILES string of the molecule is COc1cc(/C=N\NC(=O)c2ccccc2O)cc(Cl)c1OC(C)C. The number of carbonyl (C=O) groups is 1. The zero-order valence-electron chi connectivity index (χ0n) is 14.1. The number of carbonyl (C=O) groups excluding carboxylic acids is 1. The van der Waals surface area contributed by atoms with Gasteiger partial charge in [0.15, 0.2) is 11.5 Å². The molecule has 7 heteroatoms. The Balaban J connectivity index is 2.14. The summed E-state index contributed by atoms with van der Waals surface area (Å²) in [5.41, 5.74) is 3.10. The van der Waals surface area contributed by atoms with Gasteiger partial charge in [0.2, 0.25) is 0 Å². The number of phenols is 1. The van der Waals surface area contributed by atoms with Crippen molar-refractivity contribution in [2.75, 3.05) is 7.11 Å². The Bertz CT molecular complexity index is 791. The molecule has 0 unspecified atom stereocenters. The van der Waals surface area contributed by atoms with Gasteiger partial charge in [0.25, 0.3) is 5.91 Å². The third-order valence-corrected chi connectivity index (χ3v) is 3.41. The van der Waals surface area contributed by atoms with Crippen LogP contribution in [0.2, 0.25) is 5.02 Å². The molecule has 0 saturated heterocycles. The number of nitrogens with zero attached hydrogens (tertiary/aromatic N) is 1. The van der Waals surface area contributed by atoms with Gasteiger partial charge < -0.3 is 14.6 Å². The van der Waals surface area contributed by atoms with Crippen LogP contribution in [0.15, 0.2) is 41.5 Å². The van der Waals surface area contributed by atoms with Gasteiger partial charge in [-0.3, -0.25) is 4.79 Å². The molecule has 1 amide bonds. The quantitative estimate of drug-likeness (QED) is 0.607. The lowest BCUT2D eigenvalue weighted by molar-refractivity contribution is 0.0952. The van der Waals surface area contributed by atoms with Crippen molar-refractivity contribution in [2.45, 2.75) is 20.0 Å². The second kappa shape index (κ2) is 8.39. The van der Waals surface area contributed by atoms with Gasteiger partial charge in [-0.25, -0.2) is 5.43 Å². The summed E-state index contributed by atoms with van der Waals surface area (Å²) in [6.45, 7) is 3.78. The molecule has 2 rings (SSSR count). The molecule has 25 heavy (non-hydrogen) atoms. The number of hydrogen-bond donors (Lipinski definition) is 2. The van der Waals surface area contributed by atoms with E-state index in [0.717, 1.165) is 0 Å². The van der Waals surface area contributed by atoms with Gasteiger partial charge in [0, 0.05) is 0 Å². The average Bonchev–Trinajstić information content (AvgIpc) is 2.57. The number of nitrogens with one attached hydrogen (secondary N) is 1. The van der Waals surface area contributed by atoms with E-state index in [-0.39, 0.29) is 17.4 Å². The van der Waals surface area contributed by atoms with E-state index < -0.39 is 5.91 Å². The number of para-hydroxylation sites is 1. The molecule has 2 N–H and O–H groups in total. The van der Waals surface area contributed by atoms with Crippen LogP contribution in [0.25, 0.3) is 0 Å². The summed E-state index contributed by atoms with van der Waals surface area (Å²) in [5, 5.41) is 13.9. The lowest BCUT2D eigenvalue weighted by atomic mass is 10.2. The van der Waals surface area contributed by atoms with Crippen LogP contribution in [0, 0.1) is 0 Å². The normalized spacial score (nSPS) is 10.9. The zero-order chi connectivity index (χ0) is 18.4. The summed E-state index contributed by atoms with van der Waals surface area (Å²) in [5.74, 6) is 0.284. The van der Waals surface area contributed by atoms with Crippen molar-refractivity contribution in [2.24, 2.45) is 5.10 Å². The fourth-order valence-electron chi connectivity index (χ4n) is 2.06. The Kier molecular flexibility index (Phi) is 6.25. The number of hydrogen-bond acceptors (Lipinski definition) is 5. The summed E-state index contributed by atoms with van der Waals surface area (Å²) in [6.07, 6.45) is 1.37. The Labute approximate surface area is 151 Å². The van der Waals surface area contributed by atoms with Gasteiger partial charge in [-0.05, 0) is 43.7 Å². The smallest absolute Gasteiger partial charge is 0.275 e. The van der Waals surface area contributed by atoms with Crippen LogP contribution >= 0.6 is 11.6 Å². The van der Waals surface area contributed by atoms with Gasteiger partial charge in [0.05, 0.1) is 30.0 Å². The number of methoxy groups -OCH3 is 1. The molecule has 0 saturated carbocycles. The number of hydrazone groups is 1. The van der Waals surface area contributed by atoms with Gasteiger partial charge in [0.1, 0.15) is 5.75 Å². The second-order valence-corrected chi connectivity index (χ2v) is 5.82.